The van der Waals surface area contributed by atoms with Crippen molar-refractivity contribution in [1.29, 1.82) is 0 Å². The molecule has 0 spiro atoms. The van der Waals surface area contributed by atoms with Gasteiger partial charge in [-0.2, -0.15) is 0 Å². The Morgan fingerprint density at radius 2 is 1.65 bits per heavy atom. The summed E-state index contributed by atoms with van der Waals surface area (Å²) in [6.45, 7) is 2.55. The van der Waals surface area contributed by atoms with Crippen molar-refractivity contribution in [3.8, 4) is 0 Å². The molecule has 2 N–H and O–H groups in total. The second-order valence-electron chi connectivity index (χ2n) is 5.87. The van der Waals surface area contributed by atoms with E-state index >= 15 is 0 Å². The molecule has 0 aliphatic heterocycles. The SMILES string of the molecule is COCCOC(=O)Nc1cccc(NC(=O)CCc2ccc(C)cc2)c1. The lowest BCUT2D eigenvalue weighted by Gasteiger charge is -2.09. The molecule has 26 heavy (non-hydrogen) atoms. The van der Waals surface area contributed by atoms with Crippen molar-refractivity contribution in [3.05, 3.63) is 59.7 Å². The van der Waals surface area contributed by atoms with Gasteiger partial charge in [0.15, 0.2) is 0 Å². The Balaban J connectivity index is 1.82. The van der Waals surface area contributed by atoms with Crippen molar-refractivity contribution in [2.75, 3.05) is 31.0 Å². The highest BCUT2D eigenvalue weighted by atomic mass is 16.6. The van der Waals surface area contributed by atoms with E-state index in [1.807, 2.05) is 31.2 Å². The average Bonchev–Trinajstić information content (AvgIpc) is 2.62. The van der Waals surface area contributed by atoms with E-state index in [0.717, 1.165) is 5.56 Å². The number of carbonyl (C=O) groups excluding carboxylic acids is 2. The second-order valence-corrected chi connectivity index (χ2v) is 5.87. The van der Waals surface area contributed by atoms with E-state index in [1.165, 1.54) is 12.7 Å². The maximum absolute atomic E-state index is 12.1. The van der Waals surface area contributed by atoms with Crippen LogP contribution in [0, 0.1) is 6.92 Å². The second kappa shape index (κ2) is 10.2. The van der Waals surface area contributed by atoms with Crippen LogP contribution in [0.15, 0.2) is 48.5 Å². The van der Waals surface area contributed by atoms with Gasteiger partial charge in [0.05, 0.1) is 6.61 Å². The van der Waals surface area contributed by atoms with E-state index in [4.69, 9.17) is 9.47 Å². The number of carbonyl (C=O) groups is 2. The molecule has 0 heterocycles. The van der Waals surface area contributed by atoms with Crippen molar-refractivity contribution < 1.29 is 19.1 Å². The topological polar surface area (TPSA) is 76.7 Å². The molecule has 0 saturated heterocycles. The molecule has 0 atom stereocenters. The van der Waals surface area contributed by atoms with Crippen LogP contribution >= 0.6 is 0 Å². The Morgan fingerprint density at radius 3 is 2.35 bits per heavy atom. The van der Waals surface area contributed by atoms with Gasteiger partial charge in [-0.25, -0.2) is 4.79 Å². The highest BCUT2D eigenvalue weighted by Gasteiger charge is 2.06. The molecule has 0 aliphatic carbocycles. The molecule has 138 valence electrons. The number of methoxy groups -OCH3 is 1. The molecule has 0 radical (unpaired) electrons. The lowest BCUT2D eigenvalue weighted by molar-refractivity contribution is -0.116. The minimum atomic E-state index is -0.565. The zero-order valence-electron chi connectivity index (χ0n) is 15.1. The molecule has 0 saturated carbocycles. The fourth-order valence-corrected chi connectivity index (χ4v) is 2.28. The molecule has 0 bridgehead atoms. The summed E-state index contributed by atoms with van der Waals surface area (Å²) in [6.07, 6.45) is 0.500. The minimum Gasteiger partial charge on any atom is -0.447 e. The summed E-state index contributed by atoms with van der Waals surface area (Å²) in [6, 6.07) is 15.1. The fraction of sp³-hybridized carbons (Fsp3) is 0.300. The molecular weight excluding hydrogens is 332 g/mol. The van der Waals surface area contributed by atoms with Gasteiger partial charge in [0.1, 0.15) is 6.61 Å². The lowest BCUT2D eigenvalue weighted by Crippen LogP contribution is -2.17. The van der Waals surface area contributed by atoms with Gasteiger partial charge in [0.2, 0.25) is 5.91 Å². The van der Waals surface area contributed by atoms with Gasteiger partial charge >= 0.3 is 6.09 Å². The summed E-state index contributed by atoms with van der Waals surface area (Å²) >= 11 is 0. The quantitative estimate of drug-likeness (QED) is 0.706. The molecule has 2 aromatic carbocycles. The summed E-state index contributed by atoms with van der Waals surface area (Å²) in [5.74, 6) is -0.0783. The van der Waals surface area contributed by atoms with E-state index < -0.39 is 6.09 Å². The molecule has 2 rings (SSSR count). The Kier molecular flexibility index (Phi) is 7.64. The third kappa shape index (κ3) is 6.94. The van der Waals surface area contributed by atoms with Crippen molar-refractivity contribution >= 4 is 23.4 Å². The number of nitrogens with one attached hydrogen (secondary N) is 2. The molecule has 2 amide bonds. The normalized spacial score (nSPS) is 10.2. The standard InChI is InChI=1S/C20H24N2O4/c1-15-6-8-16(9-7-15)10-11-19(23)21-17-4-3-5-18(14-17)22-20(24)26-13-12-25-2/h3-9,14H,10-13H2,1-2H3,(H,21,23)(H,22,24). The average molecular weight is 356 g/mol. The number of rotatable bonds is 8. The van der Waals surface area contributed by atoms with Crippen molar-refractivity contribution in [1.82, 2.24) is 0 Å². The highest BCUT2D eigenvalue weighted by Crippen LogP contribution is 2.16. The van der Waals surface area contributed by atoms with Gasteiger partial charge in [0.25, 0.3) is 0 Å². The first-order valence-corrected chi connectivity index (χ1v) is 8.45. The monoisotopic (exact) mass is 356 g/mol. The van der Waals surface area contributed by atoms with E-state index in [9.17, 15) is 9.59 Å². The molecular formula is C20H24N2O4. The number of aryl methyl sites for hydroxylation is 2. The fourth-order valence-electron chi connectivity index (χ4n) is 2.28. The summed E-state index contributed by atoms with van der Waals surface area (Å²) in [7, 11) is 1.53. The van der Waals surface area contributed by atoms with E-state index in [2.05, 4.69) is 10.6 Å². The van der Waals surface area contributed by atoms with Crippen molar-refractivity contribution in [2.45, 2.75) is 19.8 Å². The molecule has 0 aromatic heterocycles. The van der Waals surface area contributed by atoms with Gasteiger partial charge in [-0.05, 0) is 37.1 Å². The van der Waals surface area contributed by atoms with Crippen LogP contribution in [0.2, 0.25) is 0 Å². The van der Waals surface area contributed by atoms with Crippen LogP contribution in [-0.4, -0.2) is 32.3 Å². The van der Waals surface area contributed by atoms with Crippen LogP contribution in [0.5, 0.6) is 0 Å². The first-order valence-electron chi connectivity index (χ1n) is 8.45. The Hall–Kier alpha value is -2.86. The Labute approximate surface area is 153 Å². The van der Waals surface area contributed by atoms with Gasteiger partial charge < -0.3 is 14.8 Å². The van der Waals surface area contributed by atoms with Gasteiger partial charge in [-0.3, -0.25) is 10.1 Å². The number of benzene rings is 2. The van der Waals surface area contributed by atoms with Crippen LogP contribution in [0.4, 0.5) is 16.2 Å². The molecule has 0 fully saturated rings. The molecule has 0 unspecified atom stereocenters. The predicted octanol–water partition coefficient (Wildman–Crippen LogP) is 3.76. The third-order valence-corrected chi connectivity index (χ3v) is 3.67. The zero-order valence-corrected chi connectivity index (χ0v) is 15.1. The van der Waals surface area contributed by atoms with Gasteiger partial charge in [0, 0.05) is 24.9 Å². The maximum Gasteiger partial charge on any atom is 0.411 e. The largest absolute Gasteiger partial charge is 0.447 e. The first kappa shape index (κ1) is 19.5. The summed E-state index contributed by atoms with van der Waals surface area (Å²) in [4.78, 5) is 23.8. The van der Waals surface area contributed by atoms with Gasteiger partial charge in [-0.1, -0.05) is 35.9 Å². The predicted molar refractivity (Wildman–Crippen MR) is 101 cm³/mol. The number of hydrogen-bond acceptors (Lipinski definition) is 4. The molecule has 0 aliphatic rings. The lowest BCUT2D eigenvalue weighted by atomic mass is 10.1. The van der Waals surface area contributed by atoms with E-state index in [0.29, 0.717) is 30.8 Å². The molecule has 2 aromatic rings. The van der Waals surface area contributed by atoms with Crippen LogP contribution < -0.4 is 10.6 Å². The van der Waals surface area contributed by atoms with Crippen LogP contribution in [0.3, 0.4) is 0 Å². The van der Waals surface area contributed by atoms with E-state index in [1.54, 1.807) is 24.3 Å². The minimum absolute atomic E-state index is 0.0783. The highest BCUT2D eigenvalue weighted by molar-refractivity contribution is 5.92. The molecule has 6 nitrogen and oxygen atoms in total. The molecule has 6 heteroatoms. The Morgan fingerprint density at radius 1 is 0.962 bits per heavy atom. The summed E-state index contributed by atoms with van der Waals surface area (Å²) in [5, 5.41) is 5.45. The van der Waals surface area contributed by atoms with Gasteiger partial charge in [-0.15, -0.1) is 0 Å². The number of hydrogen-bond donors (Lipinski definition) is 2. The first-order chi connectivity index (χ1) is 12.6. The van der Waals surface area contributed by atoms with Crippen molar-refractivity contribution in [3.63, 3.8) is 0 Å². The third-order valence-electron chi connectivity index (χ3n) is 3.67. The Bertz CT molecular complexity index is 729. The van der Waals surface area contributed by atoms with Crippen LogP contribution in [-0.2, 0) is 20.7 Å². The number of amides is 2. The number of ether oxygens (including phenoxy) is 2. The maximum atomic E-state index is 12.1. The smallest absolute Gasteiger partial charge is 0.411 e. The summed E-state index contributed by atoms with van der Waals surface area (Å²) in [5.41, 5.74) is 3.49. The van der Waals surface area contributed by atoms with Crippen LogP contribution in [0.25, 0.3) is 0 Å². The zero-order chi connectivity index (χ0) is 18.8. The number of anilines is 2. The van der Waals surface area contributed by atoms with Crippen molar-refractivity contribution in [2.24, 2.45) is 0 Å². The van der Waals surface area contributed by atoms with E-state index in [-0.39, 0.29) is 12.5 Å². The summed E-state index contributed by atoms with van der Waals surface area (Å²) < 4.78 is 9.75. The van der Waals surface area contributed by atoms with Crippen LogP contribution in [0.1, 0.15) is 17.5 Å².